The van der Waals surface area contributed by atoms with Gasteiger partial charge in [-0.05, 0) is 24.5 Å². The van der Waals surface area contributed by atoms with Crippen molar-refractivity contribution in [3.8, 4) is 0 Å². The van der Waals surface area contributed by atoms with E-state index in [0.717, 1.165) is 12.8 Å². The second-order valence-corrected chi connectivity index (χ2v) is 3.92. The van der Waals surface area contributed by atoms with Crippen LogP contribution in [0.15, 0.2) is 6.07 Å². The molecule has 15 heavy (non-hydrogen) atoms. The fourth-order valence-electron chi connectivity index (χ4n) is 1.32. The number of nitrogens with zero attached hydrogens (tertiary/aromatic N) is 1. The maximum atomic E-state index is 10.9. The molecule has 1 aromatic heterocycles. The predicted molar refractivity (Wildman–Crippen MR) is 59.8 cm³/mol. The zero-order valence-electron chi connectivity index (χ0n) is 8.26. The van der Waals surface area contributed by atoms with Gasteiger partial charge in [0.2, 0.25) is 0 Å². The van der Waals surface area contributed by atoms with E-state index in [9.17, 15) is 4.79 Å². The summed E-state index contributed by atoms with van der Waals surface area (Å²) in [6, 6.07) is 1.56. The summed E-state index contributed by atoms with van der Waals surface area (Å²) in [6.07, 6.45) is 2.54. The molecule has 0 radical (unpaired) electrons. The Hall–Kier alpha value is -0.800. The molecule has 5 heteroatoms. The van der Waals surface area contributed by atoms with Crippen molar-refractivity contribution >= 4 is 29.2 Å². The molecule has 1 heterocycles. The smallest absolute Gasteiger partial charge is 0.339 e. The number of hydrogen-bond donors (Lipinski definition) is 1. The Balaban J connectivity index is 3.14. The third kappa shape index (κ3) is 3.08. The quantitative estimate of drug-likeness (QED) is 0.830. The number of aromatic nitrogens is 1. The molecule has 0 unspecified atom stereocenters. The predicted octanol–water partition coefficient (Wildman–Crippen LogP) is 3.43. The van der Waals surface area contributed by atoms with Crippen LogP contribution in [0.25, 0.3) is 0 Å². The minimum absolute atomic E-state index is 0.0406. The van der Waals surface area contributed by atoms with Crippen LogP contribution in [-0.2, 0) is 6.42 Å². The standard InChI is InChI=1S/C10H11Cl2NO2/c1-2-3-4-6-5-7(11)13-9(12)8(6)10(14)15/h5H,2-4H2,1H3,(H,14,15). The molecule has 0 bridgehead atoms. The zero-order valence-corrected chi connectivity index (χ0v) is 9.77. The van der Waals surface area contributed by atoms with E-state index < -0.39 is 5.97 Å². The highest BCUT2D eigenvalue weighted by Crippen LogP contribution is 2.23. The number of aromatic carboxylic acids is 1. The average Bonchev–Trinajstić information content (AvgIpc) is 2.12. The summed E-state index contributed by atoms with van der Waals surface area (Å²) in [7, 11) is 0. The number of halogens is 2. The number of carbonyl (C=O) groups is 1. The van der Waals surface area contributed by atoms with E-state index >= 15 is 0 Å². The van der Waals surface area contributed by atoms with Gasteiger partial charge < -0.3 is 5.11 Å². The highest BCUT2D eigenvalue weighted by Gasteiger charge is 2.16. The molecule has 0 aromatic carbocycles. The van der Waals surface area contributed by atoms with Crippen LogP contribution < -0.4 is 0 Å². The Morgan fingerprint density at radius 1 is 1.53 bits per heavy atom. The zero-order chi connectivity index (χ0) is 11.4. The number of hydrogen-bond acceptors (Lipinski definition) is 2. The molecule has 0 atom stereocenters. The van der Waals surface area contributed by atoms with Crippen LogP contribution in [0.3, 0.4) is 0 Å². The van der Waals surface area contributed by atoms with Crippen molar-refractivity contribution in [3.63, 3.8) is 0 Å². The number of unbranched alkanes of at least 4 members (excludes halogenated alkanes) is 1. The van der Waals surface area contributed by atoms with Gasteiger partial charge in [0.1, 0.15) is 15.9 Å². The molecule has 0 aliphatic rings. The van der Waals surface area contributed by atoms with Gasteiger partial charge in [0.25, 0.3) is 0 Å². The molecule has 0 amide bonds. The number of pyridine rings is 1. The van der Waals surface area contributed by atoms with Gasteiger partial charge in [0.15, 0.2) is 0 Å². The lowest BCUT2D eigenvalue weighted by atomic mass is 10.0. The lowest BCUT2D eigenvalue weighted by Gasteiger charge is -2.07. The van der Waals surface area contributed by atoms with Gasteiger partial charge in [-0.15, -0.1) is 0 Å². The average molecular weight is 248 g/mol. The van der Waals surface area contributed by atoms with Crippen molar-refractivity contribution in [3.05, 3.63) is 27.5 Å². The van der Waals surface area contributed by atoms with E-state index in [1.165, 1.54) is 0 Å². The summed E-state index contributed by atoms with van der Waals surface area (Å²) >= 11 is 11.4. The van der Waals surface area contributed by atoms with Crippen molar-refractivity contribution in [2.45, 2.75) is 26.2 Å². The molecule has 0 saturated heterocycles. The molecule has 82 valence electrons. The second kappa shape index (κ2) is 5.33. The maximum absolute atomic E-state index is 10.9. The molecule has 1 N–H and O–H groups in total. The Labute approximate surface area is 98.0 Å². The summed E-state index contributed by atoms with van der Waals surface area (Å²) in [5, 5.41) is 9.16. The first kappa shape index (κ1) is 12.3. The van der Waals surface area contributed by atoms with E-state index in [0.29, 0.717) is 12.0 Å². The number of rotatable bonds is 4. The molecule has 0 fully saturated rings. The first-order valence-corrected chi connectivity index (χ1v) is 5.40. The first-order chi connectivity index (χ1) is 7.06. The normalized spacial score (nSPS) is 10.3. The van der Waals surface area contributed by atoms with Crippen LogP contribution in [0, 0.1) is 0 Å². The molecule has 3 nitrogen and oxygen atoms in total. The number of aryl methyl sites for hydroxylation is 1. The summed E-state index contributed by atoms with van der Waals surface area (Å²) < 4.78 is 0. The molecule has 0 spiro atoms. The molecule has 0 aliphatic heterocycles. The highest BCUT2D eigenvalue weighted by molar-refractivity contribution is 6.34. The van der Waals surface area contributed by atoms with Crippen LogP contribution in [-0.4, -0.2) is 16.1 Å². The van der Waals surface area contributed by atoms with Crippen LogP contribution in [0.2, 0.25) is 10.3 Å². The van der Waals surface area contributed by atoms with Crippen LogP contribution >= 0.6 is 23.2 Å². The first-order valence-electron chi connectivity index (χ1n) is 4.64. The SMILES string of the molecule is CCCCc1cc(Cl)nc(Cl)c1C(=O)O. The summed E-state index contributed by atoms with van der Waals surface area (Å²) in [6.45, 7) is 2.03. The Morgan fingerprint density at radius 2 is 2.20 bits per heavy atom. The van der Waals surface area contributed by atoms with E-state index in [2.05, 4.69) is 4.98 Å². The maximum Gasteiger partial charge on any atom is 0.339 e. The second-order valence-electron chi connectivity index (χ2n) is 3.18. The van der Waals surface area contributed by atoms with Crippen molar-refractivity contribution in [1.29, 1.82) is 0 Å². The van der Waals surface area contributed by atoms with Gasteiger partial charge in [-0.2, -0.15) is 0 Å². The Morgan fingerprint density at radius 3 is 2.73 bits per heavy atom. The van der Waals surface area contributed by atoms with E-state index in [1.807, 2.05) is 6.92 Å². The van der Waals surface area contributed by atoms with Crippen LogP contribution in [0.5, 0.6) is 0 Å². The summed E-state index contributed by atoms with van der Waals surface area (Å²) in [4.78, 5) is 14.7. The molecular weight excluding hydrogens is 237 g/mol. The molecule has 1 aromatic rings. The highest BCUT2D eigenvalue weighted by atomic mass is 35.5. The third-order valence-electron chi connectivity index (χ3n) is 2.04. The Kier molecular flexibility index (Phi) is 4.36. The van der Waals surface area contributed by atoms with Gasteiger partial charge in [-0.1, -0.05) is 36.5 Å². The van der Waals surface area contributed by atoms with Gasteiger partial charge in [-0.3, -0.25) is 0 Å². The van der Waals surface area contributed by atoms with E-state index in [1.54, 1.807) is 6.07 Å². The fourth-order valence-corrected chi connectivity index (χ4v) is 1.87. The summed E-state index contributed by atoms with van der Waals surface area (Å²) in [5.74, 6) is -1.06. The molecule has 0 aliphatic carbocycles. The third-order valence-corrected chi connectivity index (χ3v) is 2.51. The lowest BCUT2D eigenvalue weighted by molar-refractivity contribution is 0.0695. The van der Waals surface area contributed by atoms with Gasteiger partial charge in [-0.25, -0.2) is 9.78 Å². The van der Waals surface area contributed by atoms with Crippen LogP contribution in [0.1, 0.15) is 35.7 Å². The number of carboxylic acid groups (broad SMARTS) is 1. The van der Waals surface area contributed by atoms with E-state index in [4.69, 9.17) is 28.3 Å². The molecule has 1 rings (SSSR count). The topological polar surface area (TPSA) is 50.2 Å². The monoisotopic (exact) mass is 247 g/mol. The lowest BCUT2D eigenvalue weighted by Crippen LogP contribution is -2.05. The van der Waals surface area contributed by atoms with Crippen molar-refractivity contribution in [2.24, 2.45) is 0 Å². The van der Waals surface area contributed by atoms with Crippen LogP contribution in [0.4, 0.5) is 0 Å². The largest absolute Gasteiger partial charge is 0.478 e. The Bertz CT molecular complexity index is 380. The van der Waals surface area contributed by atoms with Crippen molar-refractivity contribution < 1.29 is 9.90 Å². The molecule has 0 saturated carbocycles. The molecular formula is C10H11Cl2NO2. The van der Waals surface area contributed by atoms with E-state index in [-0.39, 0.29) is 15.9 Å². The van der Waals surface area contributed by atoms with Gasteiger partial charge in [0.05, 0.1) is 0 Å². The summed E-state index contributed by atoms with van der Waals surface area (Å²) in [5.41, 5.74) is 0.712. The minimum Gasteiger partial charge on any atom is -0.478 e. The van der Waals surface area contributed by atoms with Crippen molar-refractivity contribution in [2.75, 3.05) is 0 Å². The van der Waals surface area contributed by atoms with Gasteiger partial charge >= 0.3 is 5.97 Å². The van der Waals surface area contributed by atoms with Gasteiger partial charge in [0, 0.05) is 0 Å². The van der Waals surface area contributed by atoms with Crippen molar-refractivity contribution in [1.82, 2.24) is 4.98 Å². The fraction of sp³-hybridized carbons (Fsp3) is 0.400. The minimum atomic E-state index is -1.06. The number of carboxylic acids is 1.